The fourth-order valence-corrected chi connectivity index (χ4v) is 16.4. The van der Waals surface area contributed by atoms with Gasteiger partial charge in [0, 0.05) is 10.8 Å². The first-order valence-electron chi connectivity index (χ1n) is 27.4. The Bertz CT molecular complexity index is 2130. The SMILES string of the molecule is CC1(C)CC2C3=CCC4C5(C)CCC(OC6OC(C(=O)O)C(O)C(O)C6OC6OC(CO)C(O)C(O)C6O)C(C)(CO)C5CCC4(C)C3(C)CCC2(C)C(OC2OCC(O)C(OC3OC(CO)C(O)C(O)C3O)C2O)C1O. The largest absolute Gasteiger partial charge is 0.479 e. The van der Waals surface area contributed by atoms with Gasteiger partial charge in [-0.15, -0.1) is 0 Å². The molecule has 4 saturated carbocycles. The van der Waals surface area contributed by atoms with Crippen molar-refractivity contribution >= 4 is 5.97 Å². The summed E-state index contributed by atoms with van der Waals surface area (Å²) in [7, 11) is 0. The molecule has 0 aromatic carbocycles. The zero-order valence-electron chi connectivity index (χ0n) is 44.9. The van der Waals surface area contributed by atoms with Crippen molar-refractivity contribution in [1.29, 1.82) is 0 Å². The molecule has 24 nitrogen and oxygen atoms in total. The Morgan fingerprint density at radius 2 is 1.19 bits per heavy atom. The first-order chi connectivity index (χ1) is 36.0. The van der Waals surface area contributed by atoms with Crippen LogP contribution in [0.4, 0.5) is 0 Å². The van der Waals surface area contributed by atoms with Gasteiger partial charge in [0.2, 0.25) is 0 Å². The van der Waals surface area contributed by atoms with Crippen LogP contribution in [0.15, 0.2) is 11.6 Å². The second kappa shape index (κ2) is 21.5. The maximum atomic E-state index is 12.4. The van der Waals surface area contributed by atoms with Crippen LogP contribution in [-0.2, 0) is 42.7 Å². The number of carbonyl (C=O) groups is 1. The van der Waals surface area contributed by atoms with E-state index in [2.05, 4.69) is 33.8 Å². The number of allylic oxidation sites excluding steroid dienone is 2. The van der Waals surface area contributed by atoms with E-state index < -0.39 is 176 Å². The molecule has 30 atom stereocenters. The molecule has 0 amide bonds. The van der Waals surface area contributed by atoms with Gasteiger partial charge in [0.1, 0.15) is 85.5 Å². The van der Waals surface area contributed by atoms with Crippen LogP contribution in [-0.4, -0.2) is 244 Å². The molecule has 77 heavy (non-hydrogen) atoms. The van der Waals surface area contributed by atoms with E-state index >= 15 is 0 Å². The minimum absolute atomic E-state index is 0.0901. The van der Waals surface area contributed by atoms with Crippen LogP contribution in [0.3, 0.4) is 0 Å². The van der Waals surface area contributed by atoms with Gasteiger partial charge in [0.25, 0.3) is 0 Å². The average molecular weight is 1110 g/mol. The zero-order chi connectivity index (χ0) is 56.4. The van der Waals surface area contributed by atoms with E-state index in [9.17, 15) is 81.4 Å². The van der Waals surface area contributed by atoms with Gasteiger partial charge in [0.15, 0.2) is 31.3 Å². The summed E-state index contributed by atoms with van der Waals surface area (Å²) in [5.41, 5.74) is -2.17. The van der Waals surface area contributed by atoms with E-state index in [-0.39, 0.29) is 41.8 Å². The number of hydrogen-bond acceptors (Lipinski definition) is 23. The first-order valence-corrected chi connectivity index (χ1v) is 27.4. The van der Waals surface area contributed by atoms with Crippen molar-refractivity contribution in [3.63, 3.8) is 0 Å². The third-order valence-corrected chi connectivity index (χ3v) is 21.5. The average Bonchev–Trinajstić information content (AvgIpc) is 3.45. The van der Waals surface area contributed by atoms with Gasteiger partial charge < -0.3 is 114 Å². The summed E-state index contributed by atoms with van der Waals surface area (Å²) in [6, 6.07) is 0. The predicted octanol–water partition coefficient (Wildman–Crippen LogP) is -2.89. The highest BCUT2D eigenvalue weighted by atomic mass is 16.8. The molecule has 30 unspecified atom stereocenters. The molecule has 15 N–H and O–H groups in total. The van der Waals surface area contributed by atoms with Gasteiger partial charge in [-0.05, 0) is 90.8 Å². The van der Waals surface area contributed by atoms with E-state index in [1.165, 1.54) is 5.57 Å². The number of aliphatic hydroxyl groups excluding tert-OH is 14. The summed E-state index contributed by atoms with van der Waals surface area (Å²) in [6.07, 6.45) is -27.7. The van der Waals surface area contributed by atoms with Crippen molar-refractivity contribution < 1.29 is 119 Å². The smallest absolute Gasteiger partial charge is 0.335 e. The molecular formula is C53H86O24. The van der Waals surface area contributed by atoms with E-state index in [0.29, 0.717) is 44.9 Å². The predicted molar refractivity (Wildman–Crippen MR) is 260 cm³/mol. The van der Waals surface area contributed by atoms with E-state index in [1.54, 1.807) is 0 Å². The molecular weight excluding hydrogens is 1020 g/mol. The van der Waals surface area contributed by atoms with Crippen molar-refractivity contribution in [3.8, 4) is 0 Å². The molecule has 9 aliphatic rings. The number of hydrogen-bond donors (Lipinski definition) is 15. The Balaban J connectivity index is 0.955. The standard InChI is InChI=1S/C53H86O24/c1-48(2)16-22-21-8-9-27-50(4)12-11-28(73-47-40(34(63)33(62)39(75-47)43(68)69)76-46-36(65)32(61)30(59)25(18-55)72-46)51(5,20-56)26(50)10-13-53(27,7)52(21,6)15-14-49(22,3)42(41(48)67)77-44-37(66)38(23(57)19-70-44)74-45-35(64)31(60)29(58)24(17-54)71-45/h8,22-42,44-47,54-67H,9-20H2,1-7H3,(H,68,69). The van der Waals surface area contributed by atoms with Crippen molar-refractivity contribution in [3.05, 3.63) is 11.6 Å². The zero-order valence-corrected chi connectivity index (χ0v) is 44.9. The van der Waals surface area contributed by atoms with Crippen molar-refractivity contribution in [2.45, 2.75) is 235 Å². The summed E-state index contributed by atoms with van der Waals surface area (Å²) in [5, 5.41) is 162. The third-order valence-electron chi connectivity index (χ3n) is 21.5. The van der Waals surface area contributed by atoms with E-state index in [1.807, 2.05) is 20.8 Å². The van der Waals surface area contributed by atoms with Crippen LogP contribution >= 0.6 is 0 Å². The molecule has 0 spiro atoms. The quantitative estimate of drug-likeness (QED) is 0.0689. The molecule has 5 aliphatic carbocycles. The highest BCUT2D eigenvalue weighted by Gasteiger charge is 2.71. The highest BCUT2D eigenvalue weighted by Crippen LogP contribution is 2.76. The fourth-order valence-electron chi connectivity index (χ4n) is 16.4. The van der Waals surface area contributed by atoms with Crippen LogP contribution < -0.4 is 0 Å². The number of carboxylic acid groups (broad SMARTS) is 1. The van der Waals surface area contributed by atoms with Crippen molar-refractivity contribution in [2.24, 2.45) is 50.2 Å². The van der Waals surface area contributed by atoms with Crippen LogP contribution in [0, 0.1) is 50.2 Å². The summed E-state index contributed by atoms with van der Waals surface area (Å²) in [4.78, 5) is 12.4. The number of rotatable bonds is 12. The lowest BCUT2D eigenvalue weighted by molar-refractivity contribution is -0.375. The van der Waals surface area contributed by atoms with Crippen LogP contribution in [0.2, 0.25) is 0 Å². The van der Waals surface area contributed by atoms with Gasteiger partial charge in [-0.1, -0.05) is 60.1 Å². The van der Waals surface area contributed by atoms with E-state index in [0.717, 1.165) is 6.42 Å². The molecule has 4 heterocycles. The van der Waals surface area contributed by atoms with Gasteiger partial charge in [-0.25, -0.2) is 4.79 Å². The third kappa shape index (κ3) is 9.50. The molecule has 8 fully saturated rings. The minimum Gasteiger partial charge on any atom is -0.479 e. The lowest BCUT2D eigenvalue weighted by Gasteiger charge is -2.72. The topological polar surface area (TPSA) is 394 Å². The molecule has 0 radical (unpaired) electrons. The van der Waals surface area contributed by atoms with Gasteiger partial charge in [-0.3, -0.25) is 0 Å². The highest BCUT2D eigenvalue weighted by molar-refractivity contribution is 5.73. The second-order valence-corrected chi connectivity index (χ2v) is 26.0. The first kappa shape index (κ1) is 59.9. The number of ether oxygens (including phenoxy) is 8. The summed E-state index contributed by atoms with van der Waals surface area (Å²) in [6.45, 7) is 12.8. The Morgan fingerprint density at radius 3 is 1.77 bits per heavy atom. The monoisotopic (exact) mass is 1110 g/mol. The van der Waals surface area contributed by atoms with Gasteiger partial charge in [-0.2, -0.15) is 0 Å². The number of carboxylic acids is 1. The molecule has 4 saturated heterocycles. The molecule has 0 aromatic rings. The summed E-state index contributed by atoms with van der Waals surface area (Å²) in [5.74, 6) is -1.79. The number of fused-ring (bicyclic) bond motifs is 7. The van der Waals surface area contributed by atoms with Crippen molar-refractivity contribution in [2.75, 3.05) is 26.4 Å². The molecule has 0 aromatic heterocycles. The molecule has 0 bridgehead atoms. The van der Waals surface area contributed by atoms with Crippen molar-refractivity contribution in [1.82, 2.24) is 0 Å². The normalized spacial score (nSPS) is 55.7. The maximum absolute atomic E-state index is 12.4. The number of aliphatic carboxylic acids is 1. The Labute approximate surface area is 447 Å². The molecule has 9 rings (SSSR count). The van der Waals surface area contributed by atoms with Crippen LogP contribution in [0.1, 0.15) is 99.8 Å². The maximum Gasteiger partial charge on any atom is 0.335 e. The van der Waals surface area contributed by atoms with E-state index in [4.69, 9.17) is 37.9 Å². The van der Waals surface area contributed by atoms with Crippen LogP contribution in [0.25, 0.3) is 0 Å². The van der Waals surface area contributed by atoms with Crippen LogP contribution in [0.5, 0.6) is 0 Å². The lowest BCUT2D eigenvalue weighted by Crippen LogP contribution is -2.69. The lowest BCUT2D eigenvalue weighted by atomic mass is 9.33. The number of aliphatic hydroxyl groups is 14. The Kier molecular flexibility index (Phi) is 16.7. The Hall–Kier alpha value is -1.67. The van der Waals surface area contributed by atoms with Gasteiger partial charge in [0.05, 0.1) is 44.7 Å². The molecule has 442 valence electrons. The summed E-state index contributed by atoms with van der Waals surface area (Å²) >= 11 is 0. The van der Waals surface area contributed by atoms with Gasteiger partial charge >= 0.3 is 5.97 Å². The molecule has 24 heteroatoms. The fraction of sp³-hybridized carbons (Fsp3) is 0.943. The Morgan fingerprint density at radius 1 is 0.597 bits per heavy atom. The minimum atomic E-state index is -2.04. The molecule has 4 aliphatic heterocycles. The second-order valence-electron chi connectivity index (χ2n) is 26.0. The summed E-state index contributed by atoms with van der Waals surface area (Å²) < 4.78 is 48.0.